The summed E-state index contributed by atoms with van der Waals surface area (Å²) in [6.07, 6.45) is 0. The van der Waals surface area contributed by atoms with Crippen LogP contribution in [0.2, 0.25) is 0 Å². The minimum Gasteiger partial charge on any atom is -0.238 e. The molecule has 4 aromatic rings. The predicted molar refractivity (Wildman–Crippen MR) is 97.9 cm³/mol. The van der Waals surface area contributed by atoms with Gasteiger partial charge in [0.15, 0.2) is 5.69 Å². The van der Waals surface area contributed by atoms with E-state index in [1.54, 1.807) is 0 Å². The molecule has 0 amide bonds. The fourth-order valence-corrected chi connectivity index (χ4v) is 3.36. The molecule has 23 heavy (non-hydrogen) atoms. The van der Waals surface area contributed by atoms with E-state index in [4.69, 9.17) is 6.57 Å². The Balaban J connectivity index is 2.18. The van der Waals surface area contributed by atoms with Crippen molar-refractivity contribution in [2.75, 3.05) is 0 Å². The Hall–Kier alpha value is -3.11. The molecule has 108 valence electrons. The molecule has 1 nitrogen and oxygen atoms in total. The van der Waals surface area contributed by atoms with Crippen molar-refractivity contribution < 1.29 is 0 Å². The number of nitrogens with zero attached hydrogens (tertiary/aromatic N) is 1. The molecule has 0 aliphatic rings. The Kier molecular flexibility index (Phi) is 3.10. The Morgan fingerprint density at radius 2 is 1.13 bits per heavy atom. The standard InChI is InChI=1S/C22H15N/c1-15-18-7-3-5-9-20(18)22(21-10-6-4-8-19(15)21)16-11-13-17(23-2)14-12-16/h3-14H,1H3. The van der Waals surface area contributed by atoms with Gasteiger partial charge in [0.25, 0.3) is 0 Å². The summed E-state index contributed by atoms with van der Waals surface area (Å²) < 4.78 is 0. The van der Waals surface area contributed by atoms with Gasteiger partial charge in [-0.2, -0.15) is 0 Å². The largest absolute Gasteiger partial charge is 0.238 e. The van der Waals surface area contributed by atoms with Crippen LogP contribution in [0.25, 0.3) is 37.5 Å². The summed E-state index contributed by atoms with van der Waals surface area (Å²) in [5, 5.41) is 5.10. The quantitative estimate of drug-likeness (QED) is 0.278. The first-order valence-electron chi connectivity index (χ1n) is 7.67. The highest BCUT2D eigenvalue weighted by molar-refractivity contribution is 6.14. The maximum absolute atomic E-state index is 7.13. The number of hydrogen-bond donors (Lipinski definition) is 0. The molecule has 0 radical (unpaired) electrons. The van der Waals surface area contributed by atoms with Gasteiger partial charge in [-0.1, -0.05) is 72.8 Å². The van der Waals surface area contributed by atoms with E-state index in [0.29, 0.717) is 5.69 Å². The highest BCUT2D eigenvalue weighted by atomic mass is 14.6. The van der Waals surface area contributed by atoms with Crippen LogP contribution in [0.15, 0.2) is 72.8 Å². The van der Waals surface area contributed by atoms with Crippen molar-refractivity contribution in [2.24, 2.45) is 0 Å². The van der Waals surface area contributed by atoms with Gasteiger partial charge in [-0.05, 0) is 45.2 Å². The minimum atomic E-state index is 0.675. The Bertz CT molecular complexity index is 1010. The highest BCUT2D eigenvalue weighted by Crippen LogP contribution is 2.39. The Morgan fingerprint density at radius 3 is 1.61 bits per heavy atom. The third-order valence-corrected chi connectivity index (χ3v) is 4.49. The van der Waals surface area contributed by atoms with Crippen LogP contribution in [0.4, 0.5) is 5.69 Å². The van der Waals surface area contributed by atoms with Gasteiger partial charge in [-0.25, -0.2) is 4.85 Å². The molecule has 0 heterocycles. The molecule has 0 spiro atoms. The summed E-state index contributed by atoms with van der Waals surface area (Å²) >= 11 is 0. The van der Waals surface area contributed by atoms with Gasteiger partial charge in [-0.3, -0.25) is 0 Å². The van der Waals surface area contributed by atoms with Crippen LogP contribution >= 0.6 is 0 Å². The van der Waals surface area contributed by atoms with E-state index in [-0.39, 0.29) is 0 Å². The first kappa shape index (κ1) is 13.5. The van der Waals surface area contributed by atoms with E-state index in [0.717, 1.165) is 5.56 Å². The highest BCUT2D eigenvalue weighted by Gasteiger charge is 2.12. The molecule has 0 aliphatic heterocycles. The van der Waals surface area contributed by atoms with Crippen molar-refractivity contribution in [1.82, 2.24) is 0 Å². The normalized spacial score (nSPS) is 10.8. The lowest BCUT2D eigenvalue weighted by atomic mass is 9.89. The van der Waals surface area contributed by atoms with Gasteiger partial charge in [-0.15, -0.1) is 0 Å². The third kappa shape index (κ3) is 2.08. The lowest BCUT2D eigenvalue weighted by Crippen LogP contribution is -1.89. The number of fused-ring (bicyclic) bond motifs is 2. The van der Waals surface area contributed by atoms with Gasteiger partial charge in [0.1, 0.15) is 0 Å². The first-order valence-corrected chi connectivity index (χ1v) is 7.67. The van der Waals surface area contributed by atoms with Crippen molar-refractivity contribution in [3.05, 3.63) is 89.8 Å². The number of aryl methyl sites for hydroxylation is 1. The van der Waals surface area contributed by atoms with E-state index in [2.05, 4.69) is 72.4 Å². The van der Waals surface area contributed by atoms with Crippen LogP contribution in [-0.4, -0.2) is 0 Å². The monoisotopic (exact) mass is 293 g/mol. The Morgan fingerprint density at radius 1 is 0.652 bits per heavy atom. The number of rotatable bonds is 1. The smallest absolute Gasteiger partial charge is 0.187 e. The van der Waals surface area contributed by atoms with Crippen LogP contribution < -0.4 is 0 Å². The molecule has 0 unspecified atom stereocenters. The van der Waals surface area contributed by atoms with Gasteiger partial charge in [0, 0.05) is 0 Å². The molecule has 0 saturated heterocycles. The molecular weight excluding hydrogens is 278 g/mol. The van der Waals surface area contributed by atoms with Gasteiger partial charge >= 0.3 is 0 Å². The molecule has 0 atom stereocenters. The van der Waals surface area contributed by atoms with E-state index in [1.165, 1.54) is 32.7 Å². The maximum Gasteiger partial charge on any atom is 0.187 e. The van der Waals surface area contributed by atoms with Crippen molar-refractivity contribution in [1.29, 1.82) is 0 Å². The number of hydrogen-bond acceptors (Lipinski definition) is 0. The molecule has 0 saturated carbocycles. The minimum absolute atomic E-state index is 0.675. The Labute approximate surface area is 135 Å². The first-order chi connectivity index (χ1) is 11.3. The fourth-order valence-electron chi connectivity index (χ4n) is 3.36. The summed E-state index contributed by atoms with van der Waals surface area (Å²) in [6, 6.07) is 25.0. The number of benzene rings is 4. The maximum atomic E-state index is 7.13. The molecule has 0 fully saturated rings. The average molecular weight is 293 g/mol. The van der Waals surface area contributed by atoms with Crippen molar-refractivity contribution in [3.8, 4) is 11.1 Å². The summed E-state index contributed by atoms with van der Waals surface area (Å²) in [5.41, 5.74) is 4.40. The summed E-state index contributed by atoms with van der Waals surface area (Å²) in [7, 11) is 0. The van der Waals surface area contributed by atoms with Crippen LogP contribution in [0.1, 0.15) is 5.56 Å². The second-order valence-corrected chi connectivity index (χ2v) is 5.75. The lowest BCUT2D eigenvalue weighted by Gasteiger charge is -2.15. The average Bonchev–Trinajstić information content (AvgIpc) is 2.63. The van der Waals surface area contributed by atoms with Crippen molar-refractivity contribution >= 4 is 27.2 Å². The van der Waals surface area contributed by atoms with Gasteiger partial charge in [0.05, 0.1) is 6.57 Å². The lowest BCUT2D eigenvalue weighted by molar-refractivity contribution is 1.57. The topological polar surface area (TPSA) is 4.36 Å². The third-order valence-electron chi connectivity index (χ3n) is 4.49. The zero-order chi connectivity index (χ0) is 15.8. The fraction of sp³-hybridized carbons (Fsp3) is 0.0455. The SMILES string of the molecule is [C-]#[N+]c1ccc(-c2c3ccccc3c(C)c3ccccc23)cc1. The molecule has 0 aromatic heterocycles. The van der Waals surface area contributed by atoms with Crippen LogP contribution in [-0.2, 0) is 0 Å². The van der Waals surface area contributed by atoms with Gasteiger partial charge in [0.2, 0.25) is 0 Å². The van der Waals surface area contributed by atoms with Crippen molar-refractivity contribution in [3.63, 3.8) is 0 Å². The van der Waals surface area contributed by atoms with E-state index >= 15 is 0 Å². The summed E-state index contributed by atoms with van der Waals surface area (Å²) in [5.74, 6) is 0. The second-order valence-electron chi connectivity index (χ2n) is 5.75. The summed E-state index contributed by atoms with van der Waals surface area (Å²) in [6.45, 7) is 9.33. The zero-order valence-corrected chi connectivity index (χ0v) is 12.9. The van der Waals surface area contributed by atoms with Crippen LogP contribution in [0.3, 0.4) is 0 Å². The van der Waals surface area contributed by atoms with Crippen LogP contribution in [0.5, 0.6) is 0 Å². The molecule has 1 heteroatoms. The molecule has 4 aromatic carbocycles. The van der Waals surface area contributed by atoms with E-state index in [9.17, 15) is 0 Å². The molecular formula is C22H15N. The van der Waals surface area contributed by atoms with Crippen LogP contribution in [0, 0.1) is 13.5 Å². The van der Waals surface area contributed by atoms with Crippen molar-refractivity contribution in [2.45, 2.75) is 6.92 Å². The second kappa shape index (κ2) is 5.26. The van der Waals surface area contributed by atoms with Gasteiger partial charge < -0.3 is 0 Å². The van der Waals surface area contributed by atoms with E-state index in [1.807, 2.05) is 12.1 Å². The zero-order valence-electron chi connectivity index (χ0n) is 12.9. The van der Waals surface area contributed by atoms with E-state index < -0.39 is 0 Å². The molecule has 0 aliphatic carbocycles. The molecule has 0 N–H and O–H groups in total. The molecule has 4 rings (SSSR count). The molecule has 0 bridgehead atoms. The summed E-state index contributed by atoms with van der Waals surface area (Å²) in [4.78, 5) is 3.49. The predicted octanol–water partition coefficient (Wildman–Crippen LogP) is 6.52.